The van der Waals surface area contributed by atoms with Crippen LogP contribution in [0, 0.1) is 13.8 Å². The topological polar surface area (TPSA) is 64.4 Å². The van der Waals surface area contributed by atoms with Crippen molar-refractivity contribution < 1.29 is 13.9 Å². The molecule has 4 rings (SSSR count). The van der Waals surface area contributed by atoms with Crippen molar-refractivity contribution in [3.63, 3.8) is 0 Å². The van der Waals surface area contributed by atoms with E-state index >= 15 is 0 Å². The van der Waals surface area contributed by atoms with Crippen LogP contribution in [0.1, 0.15) is 28.6 Å². The van der Waals surface area contributed by atoms with Crippen molar-refractivity contribution in [3.8, 4) is 17.0 Å². The third-order valence-electron chi connectivity index (χ3n) is 4.56. The number of nitrogens with one attached hydrogen (secondary N) is 1. The van der Waals surface area contributed by atoms with Crippen molar-refractivity contribution >= 4 is 33.3 Å². The van der Waals surface area contributed by atoms with Crippen LogP contribution >= 0.6 is 11.3 Å². The maximum Gasteiger partial charge on any atom is 0.293 e. The van der Waals surface area contributed by atoms with E-state index in [4.69, 9.17) is 9.15 Å². The molecule has 0 fully saturated rings. The first-order chi connectivity index (χ1) is 13.5. The average Bonchev–Trinajstić information content (AvgIpc) is 3.32. The van der Waals surface area contributed by atoms with Gasteiger partial charge in [0.15, 0.2) is 22.2 Å². The summed E-state index contributed by atoms with van der Waals surface area (Å²) in [5, 5.41) is 6.11. The van der Waals surface area contributed by atoms with Crippen molar-refractivity contribution in [3.05, 3.63) is 64.7 Å². The average molecular weight is 392 g/mol. The van der Waals surface area contributed by atoms with Crippen molar-refractivity contribution in [1.82, 2.24) is 4.98 Å². The number of aryl methyl sites for hydroxylation is 2. The van der Waals surface area contributed by atoms with Crippen LogP contribution in [0.5, 0.6) is 5.75 Å². The number of thiazole rings is 1. The van der Waals surface area contributed by atoms with E-state index in [1.807, 2.05) is 36.6 Å². The highest BCUT2D eigenvalue weighted by molar-refractivity contribution is 7.14. The van der Waals surface area contributed by atoms with E-state index in [0.717, 1.165) is 16.6 Å². The molecular weight excluding hydrogens is 372 g/mol. The Balaban J connectivity index is 1.56. The van der Waals surface area contributed by atoms with Gasteiger partial charge in [-0.05, 0) is 50.1 Å². The van der Waals surface area contributed by atoms with Gasteiger partial charge >= 0.3 is 0 Å². The van der Waals surface area contributed by atoms with E-state index in [9.17, 15) is 4.79 Å². The molecule has 5 nitrogen and oxygen atoms in total. The van der Waals surface area contributed by atoms with Gasteiger partial charge in [-0.3, -0.25) is 10.1 Å². The van der Waals surface area contributed by atoms with Crippen molar-refractivity contribution in [2.24, 2.45) is 0 Å². The van der Waals surface area contributed by atoms with Gasteiger partial charge in [0.25, 0.3) is 5.91 Å². The number of amides is 1. The maximum atomic E-state index is 12.6. The predicted molar refractivity (Wildman–Crippen MR) is 112 cm³/mol. The minimum atomic E-state index is -0.334. The summed E-state index contributed by atoms with van der Waals surface area (Å²) < 4.78 is 11.3. The highest BCUT2D eigenvalue weighted by atomic mass is 32.1. The molecule has 142 valence electrons. The molecule has 4 aromatic rings. The maximum absolute atomic E-state index is 12.6. The molecule has 2 heterocycles. The molecule has 0 unspecified atom stereocenters. The first-order valence-electron chi connectivity index (χ1n) is 9.05. The number of fused-ring (bicyclic) bond motifs is 1. The van der Waals surface area contributed by atoms with E-state index in [1.165, 1.54) is 22.5 Å². The lowest BCUT2D eigenvalue weighted by Gasteiger charge is -2.03. The number of nitrogens with zero attached hydrogens (tertiary/aromatic N) is 1. The molecule has 1 N–H and O–H groups in total. The third-order valence-corrected chi connectivity index (χ3v) is 5.32. The minimum Gasteiger partial charge on any atom is -0.490 e. The highest BCUT2D eigenvalue weighted by Gasteiger charge is 2.16. The Morgan fingerprint density at radius 1 is 1.18 bits per heavy atom. The second-order valence-electron chi connectivity index (χ2n) is 6.51. The van der Waals surface area contributed by atoms with Crippen LogP contribution in [0.15, 0.2) is 52.3 Å². The fourth-order valence-electron chi connectivity index (χ4n) is 2.94. The van der Waals surface area contributed by atoms with Crippen LogP contribution in [0.25, 0.3) is 22.2 Å². The normalized spacial score (nSPS) is 11.0. The zero-order valence-corrected chi connectivity index (χ0v) is 16.7. The van der Waals surface area contributed by atoms with Gasteiger partial charge in [-0.25, -0.2) is 4.98 Å². The standard InChI is InChI=1S/C22H20N2O3S/c1-4-26-18-7-5-6-16-11-19(27-20(16)18)21(25)24-22-23-17(12-28-22)15-9-8-13(2)14(3)10-15/h5-12H,4H2,1-3H3,(H,23,24,25). The first kappa shape index (κ1) is 18.3. The number of hydrogen-bond donors (Lipinski definition) is 1. The first-order valence-corrected chi connectivity index (χ1v) is 9.93. The number of furan rings is 1. The Kier molecular flexibility index (Phi) is 4.88. The van der Waals surface area contributed by atoms with Crippen molar-refractivity contribution in [2.75, 3.05) is 11.9 Å². The molecule has 0 spiro atoms. The van der Waals surface area contributed by atoms with Gasteiger partial charge in [-0.15, -0.1) is 11.3 Å². The Morgan fingerprint density at radius 3 is 2.82 bits per heavy atom. The van der Waals surface area contributed by atoms with Crippen LogP contribution < -0.4 is 10.1 Å². The quantitative estimate of drug-likeness (QED) is 0.464. The van der Waals surface area contributed by atoms with Gasteiger partial charge in [-0.2, -0.15) is 0 Å². The minimum absolute atomic E-state index is 0.227. The van der Waals surface area contributed by atoms with Crippen LogP contribution in [0.4, 0.5) is 5.13 Å². The molecule has 0 aliphatic heterocycles. The lowest BCUT2D eigenvalue weighted by atomic mass is 10.1. The zero-order chi connectivity index (χ0) is 19.7. The number of anilines is 1. The molecule has 0 radical (unpaired) electrons. The largest absolute Gasteiger partial charge is 0.490 e. The number of aromatic nitrogens is 1. The smallest absolute Gasteiger partial charge is 0.293 e. The number of carbonyl (C=O) groups is 1. The molecule has 0 atom stereocenters. The van der Waals surface area contributed by atoms with Gasteiger partial charge < -0.3 is 9.15 Å². The lowest BCUT2D eigenvalue weighted by Crippen LogP contribution is -2.10. The highest BCUT2D eigenvalue weighted by Crippen LogP contribution is 2.30. The summed E-state index contributed by atoms with van der Waals surface area (Å²) in [6.07, 6.45) is 0. The fourth-order valence-corrected chi connectivity index (χ4v) is 3.66. The predicted octanol–water partition coefficient (Wildman–Crippen LogP) is 5.82. The van der Waals surface area contributed by atoms with Crippen LogP contribution in [0.2, 0.25) is 0 Å². The molecule has 0 aliphatic rings. The van der Waals surface area contributed by atoms with Gasteiger partial charge in [-0.1, -0.05) is 24.3 Å². The van der Waals surface area contributed by atoms with Gasteiger partial charge in [0, 0.05) is 16.3 Å². The number of carbonyl (C=O) groups excluding carboxylic acids is 1. The SMILES string of the molecule is CCOc1cccc2cc(C(=O)Nc3nc(-c4ccc(C)c(C)c4)cs3)oc12. The zero-order valence-electron chi connectivity index (χ0n) is 15.9. The Hall–Kier alpha value is -3.12. The molecule has 2 aromatic carbocycles. The van der Waals surface area contributed by atoms with Crippen LogP contribution in [-0.2, 0) is 0 Å². The molecule has 0 aliphatic carbocycles. The summed E-state index contributed by atoms with van der Waals surface area (Å²) in [4.78, 5) is 17.2. The van der Waals surface area contributed by atoms with Crippen LogP contribution in [0.3, 0.4) is 0 Å². The summed E-state index contributed by atoms with van der Waals surface area (Å²) in [6.45, 7) is 6.59. The summed E-state index contributed by atoms with van der Waals surface area (Å²) >= 11 is 1.39. The summed E-state index contributed by atoms with van der Waals surface area (Å²) in [6, 6.07) is 13.5. The van der Waals surface area contributed by atoms with Gasteiger partial charge in [0.1, 0.15) is 0 Å². The fraction of sp³-hybridized carbons (Fsp3) is 0.182. The van der Waals surface area contributed by atoms with E-state index in [-0.39, 0.29) is 11.7 Å². The molecule has 1 amide bonds. The lowest BCUT2D eigenvalue weighted by molar-refractivity contribution is 0.0998. The second kappa shape index (κ2) is 7.48. The molecule has 0 bridgehead atoms. The monoisotopic (exact) mass is 392 g/mol. The Bertz CT molecular complexity index is 1160. The number of para-hydroxylation sites is 1. The number of hydrogen-bond acceptors (Lipinski definition) is 5. The molecule has 0 saturated heterocycles. The van der Waals surface area contributed by atoms with Gasteiger partial charge in [0.05, 0.1) is 12.3 Å². The molecule has 6 heteroatoms. The molecule has 0 saturated carbocycles. The van der Waals surface area contributed by atoms with Crippen molar-refractivity contribution in [1.29, 1.82) is 0 Å². The number of benzene rings is 2. The molecule has 28 heavy (non-hydrogen) atoms. The van der Waals surface area contributed by atoms with E-state index in [1.54, 1.807) is 6.07 Å². The number of ether oxygens (including phenoxy) is 1. The van der Waals surface area contributed by atoms with E-state index in [0.29, 0.717) is 23.1 Å². The number of rotatable bonds is 5. The van der Waals surface area contributed by atoms with E-state index < -0.39 is 0 Å². The molecule has 2 aromatic heterocycles. The van der Waals surface area contributed by atoms with Gasteiger partial charge in [0.2, 0.25) is 0 Å². The molecular formula is C22H20N2O3S. The summed E-state index contributed by atoms with van der Waals surface area (Å²) in [7, 11) is 0. The van der Waals surface area contributed by atoms with Crippen molar-refractivity contribution in [2.45, 2.75) is 20.8 Å². The third kappa shape index (κ3) is 3.51. The van der Waals surface area contributed by atoms with E-state index in [2.05, 4.69) is 36.3 Å². The summed E-state index contributed by atoms with van der Waals surface area (Å²) in [5.74, 6) is 0.523. The Labute approximate surface area is 167 Å². The van der Waals surface area contributed by atoms with Crippen LogP contribution in [-0.4, -0.2) is 17.5 Å². The Morgan fingerprint density at radius 2 is 2.04 bits per heavy atom. The second-order valence-corrected chi connectivity index (χ2v) is 7.37. The summed E-state index contributed by atoms with van der Waals surface area (Å²) in [5.41, 5.74) is 4.90.